The number of carbonyl (C=O) groups excluding carboxylic acids is 2. The highest BCUT2D eigenvalue weighted by molar-refractivity contribution is 7.88. The van der Waals surface area contributed by atoms with Crippen LogP contribution in [0.3, 0.4) is 0 Å². The minimum Gasteiger partial charge on any atom is -0.311 e. The minimum absolute atomic E-state index is 0.0279. The second kappa shape index (κ2) is 6.41. The molecule has 1 saturated heterocycles. The molecule has 1 atom stereocenters. The number of aromatic nitrogens is 2. The maximum atomic E-state index is 12.6. The van der Waals surface area contributed by atoms with E-state index in [1.54, 1.807) is 11.7 Å². The zero-order chi connectivity index (χ0) is 18.4. The number of fused-ring (bicyclic) bond motifs is 1. The number of hydrogen-bond acceptors (Lipinski definition) is 5. The summed E-state index contributed by atoms with van der Waals surface area (Å²) >= 11 is 0. The van der Waals surface area contributed by atoms with Crippen molar-refractivity contribution in [3.05, 3.63) is 5.56 Å². The first-order chi connectivity index (χ1) is 11.7. The van der Waals surface area contributed by atoms with Crippen LogP contribution in [0.15, 0.2) is 0 Å². The molecule has 0 aliphatic carbocycles. The summed E-state index contributed by atoms with van der Waals surface area (Å²) in [7, 11) is -1.49. The molecule has 0 unspecified atom stereocenters. The van der Waals surface area contributed by atoms with Crippen LogP contribution in [0.1, 0.15) is 37.7 Å². The zero-order valence-corrected chi connectivity index (χ0v) is 15.4. The molecule has 9 nitrogen and oxygen atoms in total. The van der Waals surface area contributed by atoms with E-state index in [1.165, 1.54) is 10.6 Å². The molecule has 138 valence electrons. The van der Waals surface area contributed by atoms with E-state index in [4.69, 9.17) is 0 Å². The highest BCUT2D eigenvalue weighted by Crippen LogP contribution is 2.37. The predicted octanol–water partition coefficient (Wildman–Crippen LogP) is 0.476. The molecule has 2 N–H and O–H groups in total. The van der Waals surface area contributed by atoms with Crippen molar-refractivity contribution in [3.8, 4) is 0 Å². The molecule has 0 aromatic carbocycles. The molecule has 0 saturated carbocycles. The van der Waals surface area contributed by atoms with E-state index in [1.807, 2.05) is 6.92 Å². The first-order valence-electron chi connectivity index (χ1n) is 8.29. The van der Waals surface area contributed by atoms with Crippen LogP contribution >= 0.6 is 0 Å². The molecule has 10 heteroatoms. The summed E-state index contributed by atoms with van der Waals surface area (Å²) in [5.41, 5.74) is 0.837. The van der Waals surface area contributed by atoms with E-state index < -0.39 is 10.0 Å². The normalized spacial score (nSPS) is 22.4. The molecular formula is C15H23N5O4S. The number of aryl methyl sites for hydroxylation is 1. The summed E-state index contributed by atoms with van der Waals surface area (Å²) in [5.74, 6) is 0.600. The van der Waals surface area contributed by atoms with Gasteiger partial charge in [0, 0.05) is 38.0 Å². The maximum Gasteiger partial charge on any atom is 0.228 e. The van der Waals surface area contributed by atoms with Gasteiger partial charge in [-0.3, -0.25) is 14.3 Å². The smallest absolute Gasteiger partial charge is 0.228 e. The van der Waals surface area contributed by atoms with Crippen LogP contribution < -0.4 is 10.6 Å². The monoisotopic (exact) mass is 369 g/mol. The van der Waals surface area contributed by atoms with Crippen molar-refractivity contribution in [3.63, 3.8) is 0 Å². The van der Waals surface area contributed by atoms with Gasteiger partial charge in [-0.1, -0.05) is 6.92 Å². The van der Waals surface area contributed by atoms with Crippen molar-refractivity contribution in [2.45, 2.75) is 32.1 Å². The van der Waals surface area contributed by atoms with Gasteiger partial charge in [-0.05, 0) is 18.8 Å². The highest BCUT2D eigenvalue weighted by Gasteiger charge is 2.32. The molecule has 3 heterocycles. The first kappa shape index (κ1) is 17.9. The van der Waals surface area contributed by atoms with E-state index in [2.05, 4.69) is 15.7 Å². The van der Waals surface area contributed by atoms with Gasteiger partial charge in [0.15, 0.2) is 5.82 Å². The van der Waals surface area contributed by atoms with Gasteiger partial charge in [0.2, 0.25) is 21.8 Å². The Morgan fingerprint density at radius 1 is 1.32 bits per heavy atom. The predicted molar refractivity (Wildman–Crippen MR) is 92.6 cm³/mol. The number of anilines is 2. The average Bonchev–Trinajstić information content (AvgIpc) is 2.82. The fraction of sp³-hybridized carbons (Fsp3) is 0.667. The minimum atomic E-state index is -3.21. The molecule has 0 spiro atoms. The SMILES string of the molecule is C[C@@H]1CC(=O)Nc2c1c(NC(=O)C1CCN(S(C)(=O)=O)CC1)nn2C. The Kier molecular flexibility index (Phi) is 4.58. The standard InChI is InChI=1S/C15H23N5O4S/c1-9-8-11(21)16-14-12(9)13(18-19(14)2)17-15(22)10-4-6-20(7-5-10)25(3,23)24/h9-10H,4-8H2,1-3H3,(H,16,21)(H,17,18,22)/t9-/m1/s1. The third-order valence-electron chi connectivity index (χ3n) is 4.86. The van der Waals surface area contributed by atoms with Crippen LogP contribution in [0.2, 0.25) is 0 Å². The van der Waals surface area contributed by atoms with Gasteiger partial charge in [0.25, 0.3) is 0 Å². The number of amides is 2. The maximum absolute atomic E-state index is 12.6. The largest absolute Gasteiger partial charge is 0.311 e. The van der Waals surface area contributed by atoms with Gasteiger partial charge in [-0.2, -0.15) is 5.10 Å². The molecule has 0 radical (unpaired) electrons. The van der Waals surface area contributed by atoms with Crippen molar-refractivity contribution in [1.82, 2.24) is 14.1 Å². The Bertz CT molecular complexity index is 808. The van der Waals surface area contributed by atoms with Crippen molar-refractivity contribution in [2.75, 3.05) is 30.0 Å². The summed E-state index contributed by atoms with van der Waals surface area (Å²) in [6.07, 6.45) is 2.51. The lowest BCUT2D eigenvalue weighted by atomic mass is 9.94. The molecule has 1 aromatic rings. The Balaban J connectivity index is 1.71. The lowest BCUT2D eigenvalue weighted by Crippen LogP contribution is -2.41. The van der Waals surface area contributed by atoms with Gasteiger partial charge in [-0.25, -0.2) is 12.7 Å². The third kappa shape index (κ3) is 3.54. The zero-order valence-electron chi connectivity index (χ0n) is 14.6. The molecule has 2 aliphatic heterocycles. The van der Waals surface area contributed by atoms with E-state index >= 15 is 0 Å². The van der Waals surface area contributed by atoms with Crippen LogP contribution in [0.4, 0.5) is 11.6 Å². The fourth-order valence-electron chi connectivity index (χ4n) is 3.48. The number of piperidine rings is 1. The Morgan fingerprint density at radius 3 is 2.56 bits per heavy atom. The van der Waals surface area contributed by atoms with E-state index in [0.717, 1.165) is 5.56 Å². The van der Waals surface area contributed by atoms with Gasteiger partial charge in [-0.15, -0.1) is 0 Å². The van der Waals surface area contributed by atoms with Gasteiger partial charge < -0.3 is 10.6 Å². The molecule has 2 amide bonds. The van der Waals surface area contributed by atoms with Gasteiger partial charge >= 0.3 is 0 Å². The van der Waals surface area contributed by atoms with Crippen molar-refractivity contribution >= 4 is 33.5 Å². The van der Waals surface area contributed by atoms with E-state index in [-0.39, 0.29) is 23.7 Å². The van der Waals surface area contributed by atoms with Crippen molar-refractivity contribution < 1.29 is 18.0 Å². The molecule has 1 aromatic heterocycles. The number of carbonyl (C=O) groups is 2. The first-order valence-corrected chi connectivity index (χ1v) is 10.1. The summed E-state index contributed by atoms with van der Waals surface area (Å²) in [4.78, 5) is 24.3. The van der Waals surface area contributed by atoms with E-state index in [0.29, 0.717) is 44.0 Å². The summed E-state index contributed by atoms with van der Waals surface area (Å²) in [6, 6.07) is 0. The van der Waals surface area contributed by atoms with E-state index in [9.17, 15) is 18.0 Å². The summed E-state index contributed by atoms with van der Waals surface area (Å²) < 4.78 is 26.1. The lowest BCUT2D eigenvalue weighted by Gasteiger charge is -2.29. The Morgan fingerprint density at radius 2 is 1.96 bits per heavy atom. The molecule has 2 aliphatic rings. The van der Waals surface area contributed by atoms with Crippen LogP contribution in [0, 0.1) is 5.92 Å². The average molecular weight is 369 g/mol. The van der Waals surface area contributed by atoms with Crippen LogP contribution in [-0.4, -0.2) is 53.7 Å². The summed E-state index contributed by atoms with van der Waals surface area (Å²) in [5, 5.41) is 9.99. The topological polar surface area (TPSA) is 113 Å². The third-order valence-corrected chi connectivity index (χ3v) is 6.16. The van der Waals surface area contributed by atoms with Crippen molar-refractivity contribution in [2.24, 2.45) is 13.0 Å². The Labute approximate surface area is 146 Å². The number of hydrogen-bond donors (Lipinski definition) is 2. The fourth-order valence-corrected chi connectivity index (χ4v) is 4.35. The lowest BCUT2D eigenvalue weighted by molar-refractivity contribution is -0.121. The van der Waals surface area contributed by atoms with Crippen molar-refractivity contribution in [1.29, 1.82) is 0 Å². The molecule has 0 bridgehead atoms. The quantitative estimate of drug-likeness (QED) is 0.804. The second-order valence-electron chi connectivity index (χ2n) is 6.81. The highest BCUT2D eigenvalue weighted by atomic mass is 32.2. The van der Waals surface area contributed by atoms with Gasteiger partial charge in [0.05, 0.1) is 6.26 Å². The molecule has 1 fully saturated rings. The number of nitrogens with one attached hydrogen (secondary N) is 2. The molecular weight excluding hydrogens is 346 g/mol. The summed E-state index contributed by atoms with van der Waals surface area (Å²) in [6.45, 7) is 2.63. The molecule has 25 heavy (non-hydrogen) atoms. The Hall–Kier alpha value is -1.94. The van der Waals surface area contributed by atoms with Crippen LogP contribution in [0.25, 0.3) is 0 Å². The molecule has 3 rings (SSSR count). The van der Waals surface area contributed by atoms with Crippen LogP contribution in [-0.2, 0) is 26.7 Å². The van der Waals surface area contributed by atoms with Crippen LogP contribution in [0.5, 0.6) is 0 Å². The second-order valence-corrected chi connectivity index (χ2v) is 8.80. The van der Waals surface area contributed by atoms with Gasteiger partial charge in [0.1, 0.15) is 5.82 Å². The number of rotatable bonds is 3. The number of nitrogens with zero attached hydrogens (tertiary/aromatic N) is 3. The number of sulfonamides is 1.